The SMILES string of the molecule is COc1ccc(C)cc1-c1cnc(Cl)c(C(=O)O)c1. The Kier molecular flexibility index (Phi) is 3.71. The van der Waals surface area contributed by atoms with Crippen LogP contribution in [0.3, 0.4) is 0 Å². The number of carbonyl (C=O) groups is 1. The third-order valence-electron chi connectivity index (χ3n) is 2.74. The van der Waals surface area contributed by atoms with Gasteiger partial charge in [0.1, 0.15) is 10.9 Å². The van der Waals surface area contributed by atoms with E-state index >= 15 is 0 Å². The number of aromatic carboxylic acids is 1. The Balaban J connectivity index is 2.62. The Morgan fingerprint density at radius 1 is 1.37 bits per heavy atom. The lowest BCUT2D eigenvalue weighted by atomic mass is 10.0. The van der Waals surface area contributed by atoms with Gasteiger partial charge in [-0.1, -0.05) is 23.2 Å². The molecule has 1 aromatic carbocycles. The molecule has 0 saturated heterocycles. The van der Waals surface area contributed by atoms with Crippen LogP contribution in [0.1, 0.15) is 15.9 Å². The van der Waals surface area contributed by atoms with Crippen molar-refractivity contribution < 1.29 is 14.6 Å². The van der Waals surface area contributed by atoms with Gasteiger partial charge in [-0.25, -0.2) is 9.78 Å². The van der Waals surface area contributed by atoms with Crippen LogP contribution in [0.2, 0.25) is 5.15 Å². The van der Waals surface area contributed by atoms with Crippen LogP contribution >= 0.6 is 11.6 Å². The monoisotopic (exact) mass is 277 g/mol. The molecule has 1 N–H and O–H groups in total. The topological polar surface area (TPSA) is 59.4 Å². The Bertz CT molecular complexity index is 641. The summed E-state index contributed by atoms with van der Waals surface area (Å²) in [7, 11) is 1.57. The maximum absolute atomic E-state index is 11.1. The summed E-state index contributed by atoms with van der Waals surface area (Å²) in [4.78, 5) is 15.0. The Hall–Kier alpha value is -2.07. The number of ether oxygens (including phenoxy) is 1. The third kappa shape index (κ3) is 2.69. The number of nitrogens with zero attached hydrogens (tertiary/aromatic N) is 1. The number of hydrogen-bond donors (Lipinski definition) is 1. The summed E-state index contributed by atoms with van der Waals surface area (Å²) in [6.07, 6.45) is 1.53. The molecule has 2 aromatic rings. The molecule has 0 fully saturated rings. The van der Waals surface area contributed by atoms with Gasteiger partial charge in [-0.05, 0) is 25.1 Å². The Morgan fingerprint density at radius 2 is 2.11 bits per heavy atom. The maximum Gasteiger partial charge on any atom is 0.338 e. The van der Waals surface area contributed by atoms with Gasteiger partial charge in [-0.15, -0.1) is 0 Å². The normalized spacial score (nSPS) is 10.3. The number of methoxy groups -OCH3 is 1. The average Bonchev–Trinajstić information content (AvgIpc) is 2.39. The number of pyridine rings is 1. The zero-order chi connectivity index (χ0) is 14.0. The molecule has 4 nitrogen and oxygen atoms in total. The van der Waals surface area contributed by atoms with Crippen molar-refractivity contribution in [3.63, 3.8) is 0 Å². The molecule has 0 amide bonds. The second kappa shape index (κ2) is 5.28. The first kappa shape index (κ1) is 13.4. The van der Waals surface area contributed by atoms with Gasteiger partial charge in [-0.2, -0.15) is 0 Å². The molecule has 0 spiro atoms. The molecule has 0 atom stereocenters. The fourth-order valence-electron chi connectivity index (χ4n) is 1.79. The van der Waals surface area contributed by atoms with E-state index in [-0.39, 0.29) is 10.7 Å². The van der Waals surface area contributed by atoms with Crippen LogP contribution in [0.5, 0.6) is 5.75 Å². The number of carboxylic acid groups (broad SMARTS) is 1. The molecule has 1 heterocycles. The van der Waals surface area contributed by atoms with Gasteiger partial charge in [0, 0.05) is 17.3 Å². The van der Waals surface area contributed by atoms with Gasteiger partial charge in [0.2, 0.25) is 0 Å². The van der Waals surface area contributed by atoms with Crippen LogP contribution in [0.15, 0.2) is 30.5 Å². The average molecular weight is 278 g/mol. The first-order valence-electron chi connectivity index (χ1n) is 5.56. The highest BCUT2D eigenvalue weighted by Gasteiger charge is 2.14. The summed E-state index contributed by atoms with van der Waals surface area (Å²) in [6, 6.07) is 7.16. The minimum Gasteiger partial charge on any atom is -0.496 e. The quantitative estimate of drug-likeness (QED) is 0.874. The molecule has 1 aromatic heterocycles. The number of aromatic nitrogens is 1. The van der Waals surface area contributed by atoms with Crippen molar-refractivity contribution >= 4 is 17.6 Å². The van der Waals surface area contributed by atoms with E-state index in [1.807, 2.05) is 25.1 Å². The first-order chi connectivity index (χ1) is 9.02. The smallest absolute Gasteiger partial charge is 0.338 e. The van der Waals surface area contributed by atoms with Crippen molar-refractivity contribution in [3.05, 3.63) is 46.7 Å². The zero-order valence-corrected chi connectivity index (χ0v) is 11.2. The molecule has 98 valence electrons. The molecule has 5 heteroatoms. The summed E-state index contributed by atoms with van der Waals surface area (Å²) in [5, 5.41) is 9.04. The van der Waals surface area contributed by atoms with Crippen LogP contribution in [-0.4, -0.2) is 23.2 Å². The summed E-state index contributed by atoms with van der Waals surface area (Å²) in [5.74, 6) is -0.447. The Labute approximate surface area is 115 Å². The van der Waals surface area contributed by atoms with Crippen molar-refractivity contribution in [2.45, 2.75) is 6.92 Å². The molecule has 0 bridgehead atoms. The largest absolute Gasteiger partial charge is 0.496 e. The molecule has 0 saturated carbocycles. The summed E-state index contributed by atoms with van der Waals surface area (Å²) < 4.78 is 5.28. The minimum atomic E-state index is -1.11. The molecule has 0 aliphatic rings. The number of hydrogen-bond acceptors (Lipinski definition) is 3. The van der Waals surface area contributed by atoms with Crippen molar-refractivity contribution in [1.82, 2.24) is 4.98 Å². The molecule has 0 aliphatic heterocycles. The van der Waals surface area contributed by atoms with Crippen molar-refractivity contribution in [2.24, 2.45) is 0 Å². The van der Waals surface area contributed by atoms with E-state index in [1.165, 1.54) is 12.3 Å². The van der Waals surface area contributed by atoms with Gasteiger partial charge in [0.15, 0.2) is 0 Å². The number of benzene rings is 1. The second-order valence-electron chi connectivity index (χ2n) is 4.07. The summed E-state index contributed by atoms with van der Waals surface area (Å²) >= 11 is 5.76. The fourth-order valence-corrected chi connectivity index (χ4v) is 1.98. The van der Waals surface area contributed by atoms with Gasteiger partial charge in [0.25, 0.3) is 0 Å². The second-order valence-corrected chi connectivity index (χ2v) is 4.43. The third-order valence-corrected chi connectivity index (χ3v) is 3.04. The van der Waals surface area contributed by atoms with Gasteiger partial charge >= 0.3 is 5.97 Å². The van der Waals surface area contributed by atoms with E-state index in [2.05, 4.69) is 4.98 Å². The molecule has 0 radical (unpaired) electrons. The summed E-state index contributed by atoms with van der Waals surface area (Å²) in [6.45, 7) is 1.95. The highest BCUT2D eigenvalue weighted by molar-refractivity contribution is 6.32. The van der Waals surface area contributed by atoms with E-state index < -0.39 is 5.97 Å². The molecular weight excluding hydrogens is 266 g/mol. The molecule has 19 heavy (non-hydrogen) atoms. The predicted molar refractivity (Wildman–Crippen MR) is 72.9 cm³/mol. The van der Waals surface area contributed by atoms with Gasteiger partial charge in [-0.3, -0.25) is 0 Å². The molecule has 0 unspecified atom stereocenters. The maximum atomic E-state index is 11.1. The van der Waals surface area contributed by atoms with E-state index in [4.69, 9.17) is 21.4 Å². The van der Waals surface area contributed by atoms with Crippen LogP contribution < -0.4 is 4.74 Å². The van der Waals surface area contributed by atoms with E-state index in [0.29, 0.717) is 11.3 Å². The minimum absolute atomic E-state index is 0.0251. The van der Waals surface area contributed by atoms with Crippen LogP contribution in [0.4, 0.5) is 0 Å². The highest BCUT2D eigenvalue weighted by atomic mass is 35.5. The van der Waals surface area contributed by atoms with Gasteiger partial charge in [0.05, 0.1) is 12.7 Å². The fraction of sp³-hybridized carbons (Fsp3) is 0.143. The molecule has 2 rings (SSSR count). The lowest BCUT2D eigenvalue weighted by Gasteiger charge is -2.10. The van der Waals surface area contributed by atoms with E-state index in [9.17, 15) is 4.79 Å². The van der Waals surface area contributed by atoms with Crippen molar-refractivity contribution in [2.75, 3.05) is 7.11 Å². The summed E-state index contributed by atoms with van der Waals surface area (Å²) in [5.41, 5.74) is 2.46. The Morgan fingerprint density at radius 3 is 2.74 bits per heavy atom. The lowest BCUT2D eigenvalue weighted by molar-refractivity contribution is 0.0696. The number of rotatable bonds is 3. The highest BCUT2D eigenvalue weighted by Crippen LogP contribution is 2.32. The predicted octanol–water partition coefficient (Wildman–Crippen LogP) is 3.42. The standard InChI is InChI=1S/C14H12ClNO3/c1-8-3-4-12(19-2)10(5-8)9-6-11(14(17)18)13(15)16-7-9/h3-7H,1-2H3,(H,17,18). The van der Waals surface area contributed by atoms with Crippen LogP contribution in [-0.2, 0) is 0 Å². The molecule has 0 aliphatic carbocycles. The number of aryl methyl sites for hydroxylation is 1. The van der Waals surface area contributed by atoms with E-state index in [1.54, 1.807) is 7.11 Å². The van der Waals surface area contributed by atoms with Crippen molar-refractivity contribution in [1.29, 1.82) is 0 Å². The van der Waals surface area contributed by atoms with Crippen LogP contribution in [0.25, 0.3) is 11.1 Å². The zero-order valence-electron chi connectivity index (χ0n) is 10.5. The van der Waals surface area contributed by atoms with Crippen LogP contribution in [0, 0.1) is 6.92 Å². The van der Waals surface area contributed by atoms with E-state index in [0.717, 1.165) is 11.1 Å². The lowest BCUT2D eigenvalue weighted by Crippen LogP contribution is -2.00. The number of carboxylic acids is 1. The van der Waals surface area contributed by atoms with Crippen molar-refractivity contribution in [3.8, 4) is 16.9 Å². The molecular formula is C14H12ClNO3. The number of halogens is 1. The van der Waals surface area contributed by atoms with Gasteiger partial charge < -0.3 is 9.84 Å². The first-order valence-corrected chi connectivity index (χ1v) is 5.94.